The van der Waals surface area contributed by atoms with Crippen LogP contribution in [0, 0.1) is 6.92 Å². The van der Waals surface area contributed by atoms with Crippen molar-refractivity contribution in [3.05, 3.63) is 58.5 Å². The molecule has 2 aromatic heterocycles. The molecule has 0 spiro atoms. The summed E-state index contributed by atoms with van der Waals surface area (Å²) in [5, 5.41) is 5.36. The number of aromatic nitrogens is 3. The van der Waals surface area contributed by atoms with Gasteiger partial charge in [-0.15, -0.1) is 0 Å². The first kappa shape index (κ1) is 12.8. The highest BCUT2D eigenvalue weighted by atomic mass is 35.5. The molecule has 0 radical (unpaired) electrons. The van der Waals surface area contributed by atoms with Gasteiger partial charge in [0.05, 0.1) is 16.7 Å². The Morgan fingerprint density at radius 1 is 1.30 bits per heavy atom. The normalized spacial score (nSPS) is 10.9. The number of hydrogen-bond acceptors (Lipinski definition) is 3. The van der Waals surface area contributed by atoms with Crippen LogP contribution in [-0.2, 0) is 7.05 Å². The van der Waals surface area contributed by atoms with Gasteiger partial charge in [-0.1, -0.05) is 29.8 Å². The molecular weight excluding hydrogens is 274 g/mol. The van der Waals surface area contributed by atoms with Gasteiger partial charge in [0.1, 0.15) is 11.4 Å². The van der Waals surface area contributed by atoms with Gasteiger partial charge in [0, 0.05) is 12.4 Å². The van der Waals surface area contributed by atoms with Gasteiger partial charge in [0.15, 0.2) is 0 Å². The quantitative estimate of drug-likeness (QED) is 0.680. The summed E-state index contributed by atoms with van der Waals surface area (Å²) in [6, 6.07) is 9.53. The van der Waals surface area contributed by atoms with Crippen molar-refractivity contribution in [2.24, 2.45) is 7.05 Å². The molecule has 0 bridgehead atoms. The van der Waals surface area contributed by atoms with E-state index in [0.29, 0.717) is 16.4 Å². The number of pyridine rings is 1. The second kappa shape index (κ2) is 4.72. The average molecular weight is 286 g/mol. The van der Waals surface area contributed by atoms with Crippen LogP contribution in [0.2, 0.25) is 5.02 Å². The van der Waals surface area contributed by atoms with Crippen LogP contribution in [0.15, 0.2) is 36.5 Å². The molecule has 0 saturated carbocycles. The number of aryl methyl sites for hydroxylation is 2. The molecule has 0 aliphatic carbocycles. The Bertz CT molecular complexity index is 804. The first-order valence-corrected chi connectivity index (χ1v) is 6.54. The molecule has 3 rings (SSSR count). The maximum atomic E-state index is 12.5. The van der Waals surface area contributed by atoms with Gasteiger partial charge in [-0.2, -0.15) is 5.10 Å². The third-order valence-corrected chi connectivity index (χ3v) is 3.54. The van der Waals surface area contributed by atoms with Gasteiger partial charge in [0.25, 0.3) is 0 Å². The SMILES string of the molecule is Cc1cc(C(=O)c2c(Cl)cnn2C)nc2ccccc12. The largest absolute Gasteiger partial charge is 0.285 e. The Balaban J connectivity index is 2.18. The van der Waals surface area contributed by atoms with Crippen LogP contribution in [-0.4, -0.2) is 20.5 Å². The molecule has 4 nitrogen and oxygen atoms in total. The lowest BCUT2D eigenvalue weighted by Crippen LogP contribution is -2.11. The minimum absolute atomic E-state index is 0.219. The number of rotatable bonds is 2. The fraction of sp³-hybridized carbons (Fsp3) is 0.133. The van der Waals surface area contributed by atoms with Crippen molar-refractivity contribution < 1.29 is 4.79 Å². The zero-order valence-electron chi connectivity index (χ0n) is 11.1. The molecule has 0 fully saturated rings. The van der Waals surface area contributed by atoms with Crippen LogP contribution >= 0.6 is 11.6 Å². The number of carbonyl (C=O) groups excluding carboxylic acids is 1. The number of benzene rings is 1. The molecule has 0 N–H and O–H groups in total. The van der Waals surface area contributed by atoms with E-state index in [1.165, 1.54) is 10.9 Å². The number of nitrogens with zero attached hydrogens (tertiary/aromatic N) is 3. The second-order valence-corrected chi connectivity index (χ2v) is 5.04. The molecule has 2 heterocycles. The Labute approximate surface area is 121 Å². The third kappa shape index (κ3) is 1.98. The fourth-order valence-corrected chi connectivity index (χ4v) is 2.51. The van der Waals surface area contributed by atoms with E-state index >= 15 is 0 Å². The van der Waals surface area contributed by atoms with Crippen LogP contribution in [0.3, 0.4) is 0 Å². The highest BCUT2D eigenvalue weighted by Crippen LogP contribution is 2.21. The maximum absolute atomic E-state index is 12.5. The van der Waals surface area contributed by atoms with Crippen LogP contribution < -0.4 is 0 Å². The van der Waals surface area contributed by atoms with Crippen molar-refractivity contribution in [1.29, 1.82) is 0 Å². The van der Waals surface area contributed by atoms with E-state index in [2.05, 4.69) is 10.1 Å². The summed E-state index contributed by atoms with van der Waals surface area (Å²) in [5.41, 5.74) is 2.55. The first-order valence-electron chi connectivity index (χ1n) is 6.16. The molecule has 0 aliphatic heterocycles. The number of carbonyl (C=O) groups is 1. The molecule has 0 atom stereocenters. The van der Waals surface area contributed by atoms with Gasteiger partial charge >= 0.3 is 0 Å². The van der Waals surface area contributed by atoms with Crippen LogP contribution in [0.5, 0.6) is 0 Å². The van der Waals surface area contributed by atoms with Crippen molar-refractivity contribution in [2.75, 3.05) is 0 Å². The highest BCUT2D eigenvalue weighted by molar-refractivity contribution is 6.34. The van der Waals surface area contributed by atoms with Gasteiger partial charge < -0.3 is 0 Å². The number of halogens is 1. The first-order chi connectivity index (χ1) is 9.58. The summed E-state index contributed by atoms with van der Waals surface area (Å²) in [7, 11) is 1.69. The zero-order valence-corrected chi connectivity index (χ0v) is 11.8. The summed E-state index contributed by atoms with van der Waals surface area (Å²) in [5.74, 6) is -0.219. The summed E-state index contributed by atoms with van der Waals surface area (Å²) in [6.07, 6.45) is 1.46. The minimum atomic E-state index is -0.219. The molecule has 0 aliphatic rings. The fourth-order valence-electron chi connectivity index (χ4n) is 2.25. The van der Waals surface area contributed by atoms with E-state index in [4.69, 9.17) is 11.6 Å². The van der Waals surface area contributed by atoms with Crippen molar-refractivity contribution in [1.82, 2.24) is 14.8 Å². The average Bonchev–Trinajstić information content (AvgIpc) is 2.77. The molecule has 3 aromatic rings. The molecular formula is C15H12ClN3O. The summed E-state index contributed by atoms with van der Waals surface area (Å²) >= 11 is 6.02. The summed E-state index contributed by atoms with van der Waals surface area (Å²) in [6.45, 7) is 1.96. The lowest BCUT2D eigenvalue weighted by molar-refractivity contribution is 0.102. The van der Waals surface area contributed by atoms with Crippen molar-refractivity contribution >= 4 is 28.3 Å². The molecule has 0 amide bonds. The molecule has 20 heavy (non-hydrogen) atoms. The van der Waals surface area contributed by atoms with E-state index in [0.717, 1.165) is 16.5 Å². The molecule has 0 saturated heterocycles. The standard InChI is InChI=1S/C15H12ClN3O/c1-9-7-13(18-12-6-4-3-5-10(9)12)15(20)14-11(16)8-17-19(14)2/h3-8H,1-2H3. The number of ketones is 1. The molecule has 1 aromatic carbocycles. The van der Waals surface area contributed by atoms with Crippen LogP contribution in [0.4, 0.5) is 0 Å². The number of fused-ring (bicyclic) bond motifs is 1. The van der Waals surface area contributed by atoms with Crippen molar-refractivity contribution in [3.8, 4) is 0 Å². The van der Waals surface area contributed by atoms with E-state index < -0.39 is 0 Å². The van der Waals surface area contributed by atoms with E-state index in [9.17, 15) is 4.79 Å². The Kier molecular flexibility index (Phi) is 3.03. The van der Waals surface area contributed by atoms with Gasteiger partial charge in [0.2, 0.25) is 5.78 Å². The van der Waals surface area contributed by atoms with Crippen molar-refractivity contribution in [2.45, 2.75) is 6.92 Å². The molecule has 5 heteroatoms. The van der Waals surface area contributed by atoms with Crippen LogP contribution in [0.25, 0.3) is 10.9 Å². The number of hydrogen-bond donors (Lipinski definition) is 0. The van der Waals surface area contributed by atoms with Gasteiger partial charge in [-0.05, 0) is 24.6 Å². The van der Waals surface area contributed by atoms with Gasteiger partial charge in [-0.25, -0.2) is 4.98 Å². The topological polar surface area (TPSA) is 47.8 Å². The van der Waals surface area contributed by atoms with Crippen molar-refractivity contribution in [3.63, 3.8) is 0 Å². The van der Waals surface area contributed by atoms with E-state index in [1.807, 2.05) is 31.2 Å². The summed E-state index contributed by atoms with van der Waals surface area (Å²) in [4.78, 5) is 17.0. The summed E-state index contributed by atoms with van der Waals surface area (Å²) < 4.78 is 1.47. The lowest BCUT2D eigenvalue weighted by atomic mass is 10.1. The van der Waals surface area contributed by atoms with Gasteiger partial charge in [-0.3, -0.25) is 9.48 Å². The molecule has 0 unspecified atom stereocenters. The minimum Gasteiger partial charge on any atom is -0.285 e. The van der Waals surface area contributed by atoms with E-state index in [1.54, 1.807) is 13.1 Å². The third-order valence-electron chi connectivity index (χ3n) is 3.26. The zero-order chi connectivity index (χ0) is 14.3. The Morgan fingerprint density at radius 3 is 2.75 bits per heavy atom. The number of para-hydroxylation sites is 1. The molecule has 100 valence electrons. The predicted molar refractivity (Wildman–Crippen MR) is 78.1 cm³/mol. The monoisotopic (exact) mass is 285 g/mol. The smallest absolute Gasteiger partial charge is 0.230 e. The Hall–Kier alpha value is -2.20. The second-order valence-electron chi connectivity index (χ2n) is 4.64. The highest BCUT2D eigenvalue weighted by Gasteiger charge is 2.19. The van der Waals surface area contributed by atoms with Crippen LogP contribution in [0.1, 0.15) is 21.7 Å². The lowest BCUT2D eigenvalue weighted by Gasteiger charge is -2.06. The Morgan fingerprint density at radius 2 is 2.05 bits per heavy atom. The van der Waals surface area contributed by atoms with E-state index in [-0.39, 0.29) is 5.78 Å². The maximum Gasteiger partial charge on any atom is 0.230 e. The predicted octanol–water partition coefficient (Wildman–Crippen LogP) is 3.16.